The summed E-state index contributed by atoms with van der Waals surface area (Å²) in [5.74, 6) is 0. The third kappa shape index (κ3) is 5.21. The number of benzene rings is 2. The van der Waals surface area contributed by atoms with Crippen molar-refractivity contribution in [2.45, 2.75) is 38.1 Å². The number of aromatic nitrogens is 5. The smallest absolute Gasteiger partial charge is 0.281 e. The molecule has 5 aromatic rings. The number of nitrogens with two attached hydrogens (primary N) is 1. The summed E-state index contributed by atoms with van der Waals surface area (Å²) in [5.41, 5.74) is 11.9. The van der Waals surface area contributed by atoms with E-state index in [1.807, 2.05) is 42.0 Å². The number of likely N-dealkylation sites (tertiary alicyclic amines) is 1. The third-order valence-electron chi connectivity index (χ3n) is 7.69. The highest BCUT2D eigenvalue weighted by Crippen LogP contribution is 2.31. The predicted octanol–water partition coefficient (Wildman–Crippen LogP) is 4.06. The van der Waals surface area contributed by atoms with Gasteiger partial charge in [-0.1, -0.05) is 48.0 Å². The molecule has 0 aliphatic carbocycles. The van der Waals surface area contributed by atoms with Gasteiger partial charge in [0, 0.05) is 50.0 Å². The van der Waals surface area contributed by atoms with Gasteiger partial charge in [0.1, 0.15) is 5.52 Å². The lowest BCUT2D eigenvalue weighted by molar-refractivity contribution is -0.0364. The van der Waals surface area contributed by atoms with E-state index in [1.165, 1.54) is 10.9 Å². The maximum atomic E-state index is 13.4. The monoisotopic (exact) mass is 575 g/mol. The highest BCUT2D eigenvalue weighted by Gasteiger charge is 2.33. The molecular formula is C29H30ClN7O2S. The second-order valence-electron chi connectivity index (χ2n) is 10.4. The Bertz CT molecular complexity index is 1710. The lowest BCUT2D eigenvalue weighted by Crippen LogP contribution is -2.47. The molecule has 6 rings (SSSR count). The molecule has 0 atom stereocenters. The van der Waals surface area contributed by atoms with Crippen LogP contribution in [0.5, 0.6) is 0 Å². The maximum absolute atomic E-state index is 13.4. The van der Waals surface area contributed by atoms with E-state index in [0.29, 0.717) is 50.1 Å². The summed E-state index contributed by atoms with van der Waals surface area (Å²) >= 11 is 8.19. The van der Waals surface area contributed by atoms with Gasteiger partial charge in [-0.15, -0.1) is 11.3 Å². The summed E-state index contributed by atoms with van der Waals surface area (Å²) in [6.45, 7) is 2.73. The normalized spacial score (nSPS) is 15.6. The van der Waals surface area contributed by atoms with Crippen molar-refractivity contribution < 1.29 is 5.11 Å². The predicted molar refractivity (Wildman–Crippen MR) is 158 cm³/mol. The van der Waals surface area contributed by atoms with Gasteiger partial charge in [0.05, 0.1) is 34.6 Å². The number of thiazole rings is 1. The molecule has 11 heteroatoms. The lowest BCUT2D eigenvalue weighted by Gasteiger charge is -2.38. The van der Waals surface area contributed by atoms with Crippen LogP contribution in [0.4, 0.5) is 0 Å². The van der Waals surface area contributed by atoms with Crippen LogP contribution in [0.15, 0.2) is 65.3 Å². The van der Waals surface area contributed by atoms with Crippen LogP contribution in [0, 0.1) is 0 Å². The van der Waals surface area contributed by atoms with Crippen LogP contribution in [0.2, 0.25) is 5.02 Å². The lowest BCUT2D eigenvalue weighted by atomic mass is 9.91. The van der Waals surface area contributed by atoms with Crippen LogP contribution >= 0.6 is 22.9 Å². The zero-order chi connectivity index (χ0) is 27.9. The molecule has 1 aliphatic heterocycles. The van der Waals surface area contributed by atoms with E-state index in [9.17, 15) is 9.90 Å². The molecule has 1 aliphatic rings. The molecule has 0 spiro atoms. The average molecular weight is 576 g/mol. The van der Waals surface area contributed by atoms with Crippen LogP contribution < -0.4 is 11.3 Å². The minimum Gasteiger partial charge on any atom is -0.388 e. The molecule has 0 unspecified atom stereocenters. The van der Waals surface area contributed by atoms with E-state index in [2.05, 4.69) is 32.1 Å². The van der Waals surface area contributed by atoms with Crippen molar-refractivity contribution in [2.24, 2.45) is 12.8 Å². The van der Waals surface area contributed by atoms with Gasteiger partial charge in [-0.25, -0.2) is 4.98 Å². The Balaban J connectivity index is 1.14. The summed E-state index contributed by atoms with van der Waals surface area (Å²) < 4.78 is 3.17. The Morgan fingerprint density at radius 3 is 2.52 bits per heavy atom. The fraction of sp³-hybridized carbons (Fsp3) is 0.310. The van der Waals surface area contributed by atoms with E-state index in [1.54, 1.807) is 23.1 Å². The van der Waals surface area contributed by atoms with Crippen molar-refractivity contribution in [1.29, 1.82) is 0 Å². The first kappa shape index (κ1) is 26.8. The van der Waals surface area contributed by atoms with E-state index >= 15 is 0 Å². The molecule has 0 amide bonds. The van der Waals surface area contributed by atoms with Crippen molar-refractivity contribution in [3.8, 4) is 21.7 Å². The van der Waals surface area contributed by atoms with E-state index < -0.39 is 5.60 Å². The second kappa shape index (κ2) is 10.9. The van der Waals surface area contributed by atoms with Crippen LogP contribution in [0.3, 0.4) is 0 Å². The highest BCUT2D eigenvalue weighted by molar-refractivity contribution is 7.13. The number of fused-ring (bicyclic) bond motifs is 1. The number of hydrogen-bond acceptors (Lipinski definition) is 8. The summed E-state index contributed by atoms with van der Waals surface area (Å²) in [6, 6.07) is 14.0. The highest BCUT2D eigenvalue weighted by atomic mass is 35.5. The largest absolute Gasteiger partial charge is 0.388 e. The standard InChI is InChI=1S/C29H30ClN7O2S/c1-35-27(20-4-2-19(13-31)3-5-20)25-26(34-35)28(38)37(17-33-25)16-29(39)8-10-36(11-9-29)15-22-7-6-21(12-23(22)30)24-14-32-18-40-24/h2-7,12,14,17-18,39H,8-11,13,15-16,31H2,1H3. The molecule has 206 valence electrons. The van der Waals surface area contributed by atoms with Gasteiger partial charge < -0.3 is 10.8 Å². The van der Waals surface area contributed by atoms with Crippen molar-refractivity contribution in [2.75, 3.05) is 13.1 Å². The quantitative estimate of drug-likeness (QED) is 0.301. The molecule has 9 nitrogen and oxygen atoms in total. The van der Waals surface area contributed by atoms with Gasteiger partial charge in [-0.3, -0.25) is 23.9 Å². The first-order chi connectivity index (χ1) is 19.3. The van der Waals surface area contributed by atoms with Crippen molar-refractivity contribution in [3.05, 3.63) is 87.0 Å². The molecule has 4 heterocycles. The Morgan fingerprint density at radius 1 is 1.10 bits per heavy atom. The SMILES string of the molecule is Cn1nc2c(=O)n(CC3(O)CCN(Cc4ccc(-c5cncs5)cc4Cl)CC3)cnc2c1-c1ccc(CN)cc1. The average Bonchev–Trinajstić information content (AvgIpc) is 3.61. The number of aliphatic hydroxyl groups is 1. The van der Waals surface area contributed by atoms with E-state index in [-0.39, 0.29) is 12.1 Å². The number of piperidine rings is 1. The third-order valence-corrected chi connectivity index (χ3v) is 8.86. The topological polar surface area (TPSA) is 115 Å². The summed E-state index contributed by atoms with van der Waals surface area (Å²) in [6.07, 6.45) is 4.44. The summed E-state index contributed by atoms with van der Waals surface area (Å²) in [7, 11) is 1.81. The molecule has 3 aromatic heterocycles. The fourth-order valence-electron chi connectivity index (χ4n) is 5.36. The first-order valence-corrected chi connectivity index (χ1v) is 14.4. The molecule has 2 aromatic carbocycles. The molecule has 0 bridgehead atoms. The molecule has 40 heavy (non-hydrogen) atoms. The van der Waals surface area contributed by atoms with Crippen molar-refractivity contribution in [1.82, 2.24) is 29.2 Å². The number of hydrogen-bond donors (Lipinski definition) is 2. The molecule has 0 saturated carbocycles. The molecular weight excluding hydrogens is 546 g/mol. The van der Waals surface area contributed by atoms with Gasteiger partial charge in [0.25, 0.3) is 5.56 Å². The van der Waals surface area contributed by atoms with E-state index in [4.69, 9.17) is 17.3 Å². The Hall–Kier alpha value is -3.41. The second-order valence-corrected chi connectivity index (χ2v) is 11.7. The minimum absolute atomic E-state index is 0.171. The summed E-state index contributed by atoms with van der Waals surface area (Å²) in [4.78, 5) is 25.5. The molecule has 3 N–H and O–H groups in total. The Morgan fingerprint density at radius 2 is 1.85 bits per heavy atom. The number of halogens is 1. The molecule has 1 saturated heterocycles. The first-order valence-electron chi connectivity index (χ1n) is 13.2. The molecule has 0 radical (unpaired) electrons. The van der Waals surface area contributed by atoms with Crippen LogP contribution in [0.25, 0.3) is 32.7 Å². The number of nitrogens with zero attached hydrogens (tertiary/aromatic N) is 6. The Kier molecular flexibility index (Phi) is 7.28. The van der Waals surface area contributed by atoms with E-state index in [0.717, 1.165) is 37.8 Å². The number of rotatable bonds is 7. The Labute approximate surface area is 240 Å². The van der Waals surface area contributed by atoms with Crippen LogP contribution in [-0.2, 0) is 26.7 Å². The zero-order valence-corrected chi connectivity index (χ0v) is 23.7. The minimum atomic E-state index is -1.01. The van der Waals surface area contributed by atoms with Crippen molar-refractivity contribution >= 4 is 34.0 Å². The van der Waals surface area contributed by atoms with Crippen molar-refractivity contribution in [3.63, 3.8) is 0 Å². The fourth-order valence-corrected chi connectivity index (χ4v) is 6.22. The number of aryl methyl sites for hydroxylation is 1. The molecule has 1 fully saturated rings. The van der Waals surface area contributed by atoms with Gasteiger partial charge in [-0.05, 0) is 35.6 Å². The zero-order valence-electron chi connectivity index (χ0n) is 22.1. The maximum Gasteiger partial charge on any atom is 0.281 e. The van der Waals surface area contributed by atoms with Gasteiger partial charge in [0.2, 0.25) is 0 Å². The van der Waals surface area contributed by atoms with Gasteiger partial charge in [0.15, 0.2) is 5.52 Å². The summed E-state index contributed by atoms with van der Waals surface area (Å²) in [5, 5.41) is 16.6. The van der Waals surface area contributed by atoms with Crippen LogP contribution in [0.1, 0.15) is 24.0 Å². The van der Waals surface area contributed by atoms with Gasteiger partial charge in [-0.2, -0.15) is 5.10 Å². The van der Waals surface area contributed by atoms with Gasteiger partial charge >= 0.3 is 0 Å². The van der Waals surface area contributed by atoms with Crippen LogP contribution in [-0.4, -0.2) is 53.0 Å².